The van der Waals surface area contributed by atoms with Crippen LogP contribution in [0, 0.1) is 6.92 Å². The van der Waals surface area contributed by atoms with Gasteiger partial charge in [0.1, 0.15) is 0 Å². The van der Waals surface area contributed by atoms with Crippen molar-refractivity contribution in [1.82, 2.24) is 5.32 Å². The Balaban J connectivity index is 1.91. The minimum atomic E-state index is -0.309. The van der Waals surface area contributed by atoms with Crippen LogP contribution in [0.1, 0.15) is 15.9 Å². The maximum atomic E-state index is 11.9. The number of carbonyl (C=O) groups excluding carboxylic acids is 2. The van der Waals surface area contributed by atoms with Crippen LogP contribution in [0.5, 0.6) is 0 Å². The van der Waals surface area contributed by atoms with Crippen LogP contribution < -0.4 is 10.6 Å². The summed E-state index contributed by atoms with van der Waals surface area (Å²) < 4.78 is 0.887. The molecule has 0 bridgehead atoms. The summed E-state index contributed by atoms with van der Waals surface area (Å²) in [6.07, 6.45) is 0. The molecular formula is C16H14BrClN2O2. The van der Waals surface area contributed by atoms with Crippen LogP contribution in [-0.4, -0.2) is 18.4 Å². The predicted octanol–water partition coefficient (Wildman–Crippen LogP) is 3.78. The van der Waals surface area contributed by atoms with Gasteiger partial charge in [-0.25, -0.2) is 0 Å². The fraction of sp³-hybridized carbons (Fsp3) is 0.125. The molecule has 0 aliphatic carbocycles. The lowest BCUT2D eigenvalue weighted by atomic mass is 10.2. The number of hydrogen-bond acceptors (Lipinski definition) is 2. The quantitative estimate of drug-likeness (QED) is 0.847. The topological polar surface area (TPSA) is 58.2 Å². The van der Waals surface area contributed by atoms with Gasteiger partial charge in [0.05, 0.1) is 6.54 Å². The van der Waals surface area contributed by atoms with E-state index in [4.69, 9.17) is 11.6 Å². The molecule has 0 radical (unpaired) electrons. The van der Waals surface area contributed by atoms with E-state index in [1.165, 1.54) is 0 Å². The number of amides is 2. The number of hydrogen-bond donors (Lipinski definition) is 2. The number of anilines is 1. The molecule has 0 fully saturated rings. The summed E-state index contributed by atoms with van der Waals surface area (Å²) in [6.45, 7) is 1.76. The van der Waals surface area contributed by atoms with Crippen LogP contribution in [0.4, 0.5) is 5.69 Å². The predicted molar refractivity (Wildman–Crippen MR) is 91.3 cm³/mol. The third-order valence-corrected chi connectivity index (χ3v) is 3.75. The number of rotatable bonds is 4. The first-order valence-electron chi connectivity index (χ1n) is 6.55. The molecule has 0 saturated carbocycles. The fourth-order valence-electron chi connectivity index (χ4n) is 1.79. The number of nitrogens with one attached hydrogen (secondary N) is 2. The summed E-state index contributed by atoms with van der Waals surface area (Å²) in [4.78, 5) is 23.8. The SMILES string of the molecule is Cc1ccc(Cl)cc1NC(=O)CNC(=O)c1ccc(Br)cc1. The molecule has 4 nitrogen and oxygen atoms in total. The van der Waals surface area contributed by atoms with Crippen LogP contribution in [0.25, 0.3) is 0 Å². The van der Waals surface area contributed by atoms with E-state index >= 15 is 0 Å². The summed E-state index contributed by atoms with van der Waals surface area (Å²) in [5, 5.41) is 5.84. The molecule has 2 rings (SSSR count). The Labute approximate surface area is 142 Å². The van der Waals surface area contributed by atoms with E-state index in [-0.39, 0.29) is 18.4 Å². The largest absolute Gasteiger partial charge is 0.343 e. The third kappa shape index (κ3) is 4.58. The first kappa shape index (κ1) is 16.5. The molecule has 0 atom stereocenters. The van der Waals surface area contributed by atoms with Crippen molar-refractivity contribution < 1.29 is 9.59 Å². The summed E-state index contributed by atoms with van der Waals surface area (Å²) in [7, 11) is 0. The van der Waals surface area contributed by atoms with E-state index < -0.39 is 0 Å². The highest BCUT2D eigenvalue weighted by atomic mass is 79.9. The van der Waals surface area contributed by atoms with E-state index in [2.05, 4.69) is 26.6 Å². The lowest BCUT2D eigenvalue weighted by molar-refractivity contribution is -0.115. The van der Waals surface area contributed by atoms with Crippen LogP contribution in [-0.2, 0) is 4.79 Å². The summed E-state index contributed by atoms with van der Waals surface area (Å²) in [5.74, 6) is -0.610. The molecule has 2 aromatic rings. The fourth-order valence-corrected chi connectivity index (χ4v) is 2.22. The molecule has 0 aliphatic heterocycles. The minimum absolute atomic E-state index is 0.110. The van der Waals surface area contributed by atoms with Crippen molar-refractivity contribution in [2.24, 2.45) is 0 Å². The molecule has 2 aromatic carbocycles. The van der Waals surface area contributed by atoms with Crippen molar-refractivity contribution in [2.45, 2.75) is 6.92 Å². The van der Waals surface area contributed by atoms with Gasteiger partial charge in [-0.15, -0.1) is 0 Å². The first-order chi connectivity index (χ1) is 10.5. The third-order valence-electron chi connectivity index (χ3n) is 2.99. The average Bonchev–Trinajstić information content (AvgIpc) is 2.49. The Morgan fingerprint density at radius 2 is 1.82 bits per heavy atom. The van der Waals surface area contributed by atoms with Crippen molar-refractivity contribution in [2.75, 3.05) is 11.9 Å². The van der Waals surface area contributed by atoms with Crippen molar-refractivity contribution in [3.05, 3.63) is 63.1 Å². The Bertz CT molecular complexity index is 702. The molecule has 0 unspecified atom stereocenters. The average molecular weight is 382 g/mol. The van der Waals surface area contributed by atoms with Gasteiger partial charge in [-0.05, 0) is 48.9 Å². The second-order valence-corrected chi connectivity index (χ2v) is 6.05. The second-order valence-electron chi connectivity index (χ2n) is 4.70. The van der Waals surface area contributed by atoms with Gasteiger partial charge in [0, 0.05) is 20.7 Å². The molecule has 2 amide bonds. The summed E-state index contributed by atoms with van der Waals surface area (Å²) in [6, 6.07) is 12.1. The molecule has 0 saturated heterocycles. The normalized spacial score (nSPS) is 10.1. The van der Waals surface area contributed by atoms with Crippen molar-refractivity contribution in [3.63, 3.8) is 0 Å². The Hall–Kier alpha value is -1.85. The Morgan fingerprint density at radius 1 is 1.14 bits per heavy atom. The summed E-state index contributed by atoms with van der Waals surface area (Å²) >= 11 is 9.20. The maximum absolute atomic E-state index is 11.9. The van der Waals surface area contributed by atoms with Gasteiger partial charge >= 0.3 is 0 Å². The molecule has 0 heterocycles. The lowest BCUT2D eigenvalue weighted by Gasteiger charge is -2.09. The van der Waals surface area contributed by atoms with Crippen LogP contribution in [0.15, 0.2) is 46.9 Å². The number of carbonyl (C=O) groups is 2. The zero-order valence-electron chi connectivity index (χ0n) is 11.8. The minimum Gasteiger partial charge on any atom is -0.343 e. The lowest BCUT2D eigenvalue weighted by Crippen LogP contribution is -2.32. The summed E-state index contributed by atoms with van der Waals surface area (Å²) in [5.41, 5.74) is 2.03. The highest BCUT2D eigenvalue weighted by molar-refractivity contribution is 9.10. The van der Waals surface area contributed by atoms with E-state index in [0.717, 1.165) is 10.0 Å². The van der Waals surface area contributed by atoms with Crippen LogP contribution >= 0.6 is 27.5 Å². The van der Waals surface area contributed by atoms with Gasteiger partial charge in [0.2, 0.25) is 5.91 Å². The molecule has 0 aromatic heterocycles. The molecule has 6 heteroatoms. The van der Waals surface area contributed by atoms with Crippen LogP contribution in [0.2, 0.25) is 5.02 Å². The number of halogens is 2. The van der Waals surface area contributed by atoms with Crippen molar-refractivity contribution in [1.29, 1.82) is 0 Å². The zero-order chi connectivity index (χ0) is 16.1. The van der Waals surface area contributed by atoms with Crippen LogP contribution in [0.3, 0.4) is 0 Å². The van der Waals surface area contributed by atoms with Gasteiger partial charge in [-0.2, -0.15) is 0 Å². The maximum Gasteiger partial charge on any atom is 0.251 e. The van der Waals surface area contributed by atoms with E-state index in [9.17, 15) is 9.59 Å². The molecule has 0 spiro atoms. The van der Waals surface area contributed by atoms with Crippen molar-refractivity contribution in [3.8, 4) is 0 Å². The standard InChI is InChI=1S/C16H14BrClN2O2/c1-10-2-7-13(18)8-14(10)20-15(21)9-19-16(22)11-3-5-12(17)6-4-11/h2-8H,9H2,1H3,(H,19,22)(H,20,21). The van der Waals surface area contributed by atoms with Gasteiger partial charge in [-0.1, -0.05) is 33.6 Å². The van der Waals surface area contributed by atoms with Crippen molar-refractivity contribution >= 4 is 45.0 Å². The highest BCUT2D eigenvalue weighted by Gasteiger charge is 2.09. The zero-order valence-corrected chi connectivity index (χ0v) is 14.2. The molecule has 22 heavy (non-hydrogen) atoms. The molecule has 114 valence electrons. The molecule has 0 aliphatic rings. The van der Waals surface area contributed by atoms with E-state index in [1.807, 2.05) is 13.0 Å². The van der Waals surface area contributed by atoms with Gasteiger partial charge in [-0.3, -0.25) is 9.59 Å². The number of aryl methyl sites for hydroxylation is 1. The smallest absolute Gasteiger partial charge is 0.251 e. The van der Waals surface area contributed by atoms with Gasteiger partial charge in [0.25, 0.3) is 5.91 Å². The first-order valence-corrected chi connectivity index (χ1v) is 7.72. The monoisotopic (exact) mass is 380 g/mol. The van der Waals surface area contributed by atoms with Gasteiger partial charge < -0.3 is 10.6 Å². The molecule has 2 N–H and O–H groups in total. The molecular weight excluding hydrogens is 368 g/mol. The highest BCUT2D eigenvalue weighted by Crippen LogP contribution is 2.19. The Kier molecular flexibility index (Phi) is 5.57. The Morgan fingerprint density at radius 3 is 2.50 bits per heavy atom. The van der Waals surface area contributed by atoms with E-state index in [1.54, 1.807) is 36.4 Å². The number of benzene rings is 2. The second kappa shape index (κ2) is 7.42. The van der Waals surface area contributed by atoms with Gasteiger partial charge in [0.15, 0.2) is 0 Å². The van der Waals surface area contributed by atoms with E-state index in [0.29, 0.717) is 16.3 Å².